The second-order valence-electron chi connectivity index (χ2n) is 4.51. The van der Waals surface area contributed by atoms with Crippen molar-refractivity contribution >= 4 is 21.8 Å². The number of sulfonamides is 1. The third-order valence-electron chi connectivity index (χ3n) is 2.62. The molecule has 10 heteroatoms. The maximum atomic E-state index is 12.7. The van der Waals surface area contributed by atoms with Crippen molar-refractivity contribution in [1.82, 2.24) is 15.5 Å². The van der Waals surface area contributed by atoms with E-state index in [1.165, 1.54) is 6.92 Å². The number of rotatable bonds is 8. The molecule has 1 aromatic rings. The van der Waals surface area contributed by atoms with Gasteiger partial charge in [0.1, 0.15) is 18.5 Å². The Labute approximate surface area is 133 Å². The molecule has 0 aromatic heterocycles. The molecule has 1 atom stereocenters. The Morgan fingerprint density at radius 1 is 1.26 bits per heavy atom. The fourth-order valence-electron chi connectivity index (χ4n) is 1.51. The van der Waals surface area contributed by atoms with Gasteiger partial charge >= 0.3 is 0 Å². The first kappa shape index (κ1) is 19.0. The Kier molecular flexibility index (Phi) is 7.07. The molecule has 1 rings (SSSR count). The number of hydrogen-bond acceptors (Lipinski definition) is 5. The summed E-state index contributed by atoms with van der Waals surface area (Å²) in [5.74, 6) is -1.62. The lowest BCUT2D eigenvalue weighted by Crippen LogP contribution is -2.46. The van der Waals surface area contributed by atoms with Crippen molar-refractivity contribution in [3.8, 4) is 0 Å². The molecule has 0 bridgehead atoms. The molecular weight excluding hydrogens is 329 g/mol. The van der Waals surface area contributed by atoms with Crippen molar-refractivity contribution in [2.45, 2.75) is 24.8 Å². The van der Waals surface area contributed by atoms with E-state index in [1.807, 2.05) is 0 Å². The van der Waals surface area contributed by atoms with Crippen molar-refractivity contribution in [3.05, 3.63) is 30.1 Å². The number of halogens is 1. The zero-order valence-electron chi connectivity index (χ0n) is 12.6. The van der Waals surface area contributed by atoms with E-state index in [9.17, 15) is 22.4 Å². The Morgan fingerprint density at radius 2 is 1.87 bits per heavy atom. The molecule has 8 nitrogen and oxygen atoms in total. The minimum Gasteiger partial charge on any atom is -0.355 e. The highest BCUT2D eigenvalue weighted by molar-refractivity contribution is 7.89. The molecule has 0 saturated carbocycles. The van der Waals surface area contributed by atoms with Gasteiger partial charge in [-0.1, -0.05) is 4.89 Å². The van der Waals surface area contributed by atoms with Gasteiger partial charge in [-0.15, -0.1) is 0 Å². The number of hydrogen-bond donors (Lipinski definition) is 3. The van der Waals surface area contributed by atoms with Crippen molar-refractivity contribution in [2.75, 3.05) is 13.2 Å². The van der Waals surface area contributed by atoms with Gasteiger partial charge in [0.05, 0.1) is 4.90 Å². The molecule has 2 amide bonds. The highest BCUT2D eigenvalue weighted by Gasteiger charge is 2.17. The molecule has 1 aromatic carbocycles. The maximum Gasteiger partial charge on any atom is 0.262 e. The summed E-state index contributed by atoms with van der Waals surface area (Å²) in [6.07, 6.45) is 0. The van der Waals surface area contributed by atoms with E-state index < -0.39 is 34.4 Å². The average molecular weight is 347 g/mol. The smallest absolute Gasteiger partial charge is 0.262 e. The van der Waals surface area contributed by atoms with E-state index in [1.54, 1.807) is 11.8 Å². The third-order valence-corrected chi connectivity index (χ3v) is 3.85. The molecule has 0 heterocycles. The summed E-state index contributed by atoms with van der Waals surface area (Å²) < 4.78 is 36.3. The van der Waals surface area contributed by atoms with Crippen molar-refractivity contribution in [3.63, 3.8) is 0 Å². The van der Waals surface area contributed by atoms with Gasteiger partial charge in [0.25, 0.3) is 10.0 Å². The highest BCUT2D eigenvalue weighted by Crippen LogP contribution is 2.09. The van der Waals surface area contributed by atoms with Crippen molar-refractivity contribution in [2.24, 2.45) is 0 Å². The minimum atomic E-state index is -4.02. The summed E-state index contributed by atoms with van der Waals surface area (Å²) in [5, 5.41) is 4.86. The van der Waals surface area contributed by atoms with Gasteiger partial charge in [0.15, 0.2) is 0 Å². The van der Waals surface area contributed by atoms with Crippen LogP contribution in [0, 0.1) is 5.82 Å². The van der Waals surface area contributed by atoms with Gasteiger partial charge in [0.2, 0.25) is 11.8 Å². The van der Waals surface area contributed by atoms with E-state index in [0.29, 0.717) is 6.54 Å². The normalized spacial score (nSPS) is 12.5. The summed E-state index contributed by atoms with van der Waals surface area (Å²) in [6.45, 7) is 3.02. The zero-order chi connectivity index (χ0) is 17.5. The zero-order valence-corrected chi connectivity index (χ0v) is 13.4. The first-order valence-corrected chi connectivity index (χ1v) is 8.21. The molecular formula is C13H18FN3O5S. The quantitative estimate of drug-likeness (QED) is 0.558. The fourth-order valence-corrected chi connectivity index (χ4v) is 2.32. The van der Waals surface area contributed by atoms with Crippen LogP contribution in [0.25, 0.3) is 0 Å². The molecule has 23 heavy (non-hydrogen) atoms. The number of nitrogens with one attached hydrogen (secondary N) is 3. The molecule has 0 spiro atoms. The van der Waals surface area contributed by atoms with Crippen LogP contribution in [-0.2, 0) is 24.4 Å². The van der Waals surface area contributed by atoms with Gasteiger partial charge in [-0.25, -0.2) is 12.8 Å². The Hall–Kier alpha value is -2.04. The standard InChI is InChI=1S/C13H18FN3O5S/c1-3-15-13(19)9(2)16-12(18)8-22-17-23(20,21)11-6-4-10(14)5-7-11/h4-7,9,17H,3,8H2,1-2H3,(H,15,19)(H,16,18)/t9-/m1/s1. The van der Waals surface area contributed by atoms with Crippen LogP contribution in [0.15, 0.2) is 29.2 Å². The van der Waals surface area contributed by atoms with E-state index in [4.69, 9.17) is 0 Å². The summed E-state index contributed by atoms with van der Waals surface area (Å²) in [5.41, 5.74) is 0. The largest absolute Gasteiger partial charge is 0.355 e. The van der Waals surface area contributed by atoms with Crippen molar-refractivity contribution < 1.29 is 27.2 Å². The number of carbonyl (C=O) groups excluding carboxylic acids is 2. The molecule has 0 aliphatic rings. The number of benzene rings is 1. The third kappa shape index (κ3) is 6.30. The predicted molar refractivity (Wildman–Crippen MR) is 79.0 cm³/mol. The molecule has 0 aliphatic heterocycles. The van der Waals surface area contributed by atoms with Gasteiger partial charge in [0, 0.05) is 6.54 Å². The van der Waals surface area contributed by atoms with Crippen LogP contribution < -0.4 is 15.5 Å². The van der Waals surface area contributed by atoms with Crippen molar-refractivity contribution in [1.29, 1.82) is 0 Å². The van der Waals surface area contributed by atoms with Gasteiger partial charge in [-0.05, 0) is 38.1 Å². The summed E-state index contributed by atoms with van der Waals surface area (Å²) in [6, 6.07) is 3.29. The molecule has 128 valence electrons. The molecule has 0 unspecified atom stereocenters. The molecule has 0 saturated heterocycles. The van der Waals surface area contributed by atoms with Crippen LogP contribution in [0.3, 0.4) is 0 Å². The summed E-state index contributed by atoms with van der Waals surface area (Å²) in [4.78, 5) is 29.1. The van der Waals surface area contributed by atoms with Crippen LogP contribution in [0.4, 0.5) is 4.39 Å². The lowest BCUT2D eigenvalue weighted by Gasteiger charge is -2.13. The fraction of sp³-hybridized carbons (Fsp3) is 0.385. The molecule has 0 radical (unpaired) electrons. The minimum absolute atomic E-state index is 0.213. The van der Waals surface area contributed by atoms with E-state index in [0.717, 1.165) is 24.3 Å². The SMILES string of the molecule is CCNC(=O)[C@@H](C)NC(=O)CONS(=O)(=O)c1ccc(F)cc1. The van der Waals surface area contributed by atoms with Crippen LogP contribution >= 0.6 is 0 Å². The molecule has 3 N–H and O–H groups in total. The number of likely N-dealkylation sites (N-methyl/N-ethyl adjacent to an activating group) is 1. The summed E-state index contributed by atoms with van der Waals surface area (Å²) >= 11 is 0. The van der Waals surface area contributed by atoms with E-state index >= 15 is 0 Å². The first-order valence-electron chi connectivity index (χ1n) is 6.72. The average Bonchev–Trinajstić information content (AvgIpc) is 2.47. The molecule has 0 aliphatic carbocycles. The Balaban J connectivity index is 2.45. The van der Waals surface area contributed by atoms with Crippen LogP contribution in [0.2, 0.25) is 0 Å². The van der Waals surface area contributed by atoms with Gasteiger partial charge < -0.3 is 10.6 Å². The van der Waals surface area contributed by atoms with Crippen LogP contribution in [0.5, 0.6) is 0 Å². The van der Waals surface area contributed by atoms with Crippen LogP contribution in [-0.4, -0.2) is 39.4 Å². The maximum absolute atomic E-state index is 12.7. The Bertz CT molecular complexity index is 648. The van der Waals surface area contributed by atoms with Gasteiger partial charge in [-0.3, -0.25) is 14.4 Å². The highest BCUT2D eigenvalue weighted by atomic mass is 32.2. The van der Waals surface area contributed by atoms with E-state index in [-0.39, 0.29) is 10.8 Å². The van der Waals surface area contributed by atoms with Gasteiger partial charge in [-0.2, -0.15) is 0 Å². The topological polar surface area (TPSA) is 114 Å². The predicted octanol–water partition coefficient (Wildman–Crippen LogP) is -0.324. The second kappa shape index (κ2) is 8.56. The monoisotopic (exact) mass is 347 g/mol. The Morgan fingerprint density at radius 3 is 2.43 bits per heavy atom. The van der Waals surface area contributed by atoms with Crippen LogP contribution in [0.1, 0.15) is 13.8 Å². The summed E-state index contributed by atoms with van der Waals surface area (Å²) in [7, 11) is -4.02. The first-order chi connectivity index (χ1) is 10.8. The number of amides is 2. The lowest BCUT2D eigenvalue weighted by molar-refractivity contribution is -0.131. The molecule has 0 fully saturated rings. The number of carbonyl (C=O) groups is 2. The second-order valence-corrected chi connectivity index (χ2v) is 6.16. The van der Waals surface area contributed by atoms with E-state index in [2.05, 4.69) is 15.5 Å². The lowest BCUT2D eigenvalue weighted by atomic mass is 10.3.